The Bertz CT molecular complexity index is 410. The molecule has 0 saturated carbocycles. The lowest BCUT2D eigenvalue weighted by Gasteiger charge is -2.28. The number of aryl methyl sites for hydroxylation is 1. The third kappa shape index (κ3) is 2.72. The van der Waals surface area contributed by atoms with E-state index in [1.807, 2.05) is 19.9 Å². The predicted octanol–water partition coefficient (Wildman–Crippen LogP) is 1.83. The van der Waals surface area contributed by atoms with Crippen LogP contribution in [-0.2, 0) is 4.74 Å². The van der Waals surface area contributed by atoms with Crippen LogP contribution in [0.2, 0.25) is 0 Å². The molecule has 0 aromatic carbocycles. The molecular weight excluding hydrogens is 228 g/mol. The van der Waals surface area contributed by atoms with Crippen molar-refractivity contribution in [3.05, 3.63) is 11.8 Å². The number of hydrogen-bond donors (Lipinski definition) is 1. The summed E-state index contributed by atoms with van der Waals surface area (Å²) < 4.78 is 5.62. The summed E-state index contributed by atoms with van der Waals surface area (Å²) in [5, 5.41) is 3.17. The Morgan fingerprint density at radius 1 is 1.50 bits per heavy atom. The average Bonchev–Trinajstić information content (AvgIpc) is 2.74. The molecule has 1 aliphatic heterocycles. The van der Waals surface area contributed by atoms with Crippen LogP contribution >= 0.6 is 0 Å². The maximum atomic E-state index is 5.62. The second kappa shape index (κ2) is 5.52. The summed E-state index contributed by atoms with van der Waals surface area (Å²) in [7, 11) is 2.08. The number of aromatic nitrogens is 2. The molecule has 0 amide bonds. The van der Waals surface area contributed by atoms with Crippen LogP contribution in [-0.4, -0.2) is 42.3 Å². The number of hydrogen-bond acceptors (Lipinski definition) is 5. The predicted molar refractivity (Wildman–Crippen MR) is 73.2 cm³/mol. The minimum atomic E-state index is 0.257. The van der Waals surface area contributed by atoms with E-state index in [1.54, 1.807) is 0 Å². The standard InChI is InChI=1S/C13H22N4O/c1-5-14-13-15-9(2)8-12(16-13)17(4)11-6-7-18-10(11)3/h8,10-11H,5-7H2,1-4H3,(H,14,15,16). The molecule has 2 unspecified atom stereocenters. The van der Waals surface area contributed by atoms with Gasteiger partial charge in [-0.05, 0) is 27.2 Å². The van der Waals surface area contributed by atoms with E-state index in [4.69, 9.17) is 4.74 Å². The Morgan fingerprint density at radius 2 is 2.28 bits per heavy atom. The highest BCUT2D eigenvalue weighted by atomic mass is 16.5. The largest absolute Gasteiger partial charge is 0.376 e. The molecule has 5 nitrogen and oxygen atoms in total. The minimum Gasteiger partial charge on any atom is -0.376 e. The molecule has 100 valence electrons. The number of anilines is 2. The first-order valence-corrected chi connectivity index (χ1v) is 6.55. The third-order valence-corrected chi connectivity index (χ3v) is 3.37. The number of nitrogens with zero attached hydrogens (tertiary/aromatic N) is 3. The van der Waals surface area contributed by atoms with Crippen molar-refractivity contribution in [3.8, 4) is 0 Å². The van der Waals surface area contributed by atoms with Crippen LogP contribution in [0.5, 0.6) is 0 Å². The van der Waals surface area contributed by atoms with Gasteiger partial charge in [0.2, 0.25) is 5.95 Å². The van der Waals surface area contributed by atoms with Crippen molar-refractivity contribution < 1.29 is 4.74 Å². The zero-order valence-corrected chi connectivity index (χ0v) is 11.6. The molecule has 0 spiro atoms. The van der Waals surface area contributed by atoms with Crippen molar-refractivity contribution in [1.82, 2.24) is 9.97 Å². The molecule has 18 heavy (non-hydrogen) atoms. The topological polar surface area (TPSA) is 50.3 Å². The molecule has 2 heterocycles. The van der Waals surface area contributed by atoms with Gasteiger partial charge in [0.15, 0.2) is 0 Å². The van der Waals surface area contributed by atoms with Gasteiger partial charge in [-0.1, -0.05) is 0 Å². The van der Waals surface area contributed by atoms with E-state index in [2.05, 4.69) is 34.2 Å². The Morgan fingerprint density at radius 3 is 2.89 bits per heavy atom. The lowest BCUT2D eigenvalue weighted by Crippen LogP contribution is -2.37. The van der Waals surface area contributed by atoms with Crippen molar-refractivity contribution >= 4 is 11.8 Å². The van der Waals surface area contributed by atoms with Crippen LogP contribution in [0.3, 0.4) is 0 Å². The Hall–Kier alpha value is -1.36. The Kier molecular flexibility index (Phi) is 4.01. The molecular formula is C13H22N4O. The normalized spacial score (nSPS) is 23.1. The molecule has 1 fully saturated rings. The maximum absolute atomic E-state index is 5.62. The number of likely N-dealkylation sites (N-methyl/N-ethyl adjacent to an activating group) is 1. The van der Waals surface area contributed by atoms with E-state index >= 15 is 0 Å². The van der Waals surface area contributed by atoms with Crippen LogP contribution in [0, 0.1) is 6.92 Å². The van der Waals surface area contributed by atoms with E-state index in [1.165, 1.54) is 0 Å². The van der Waals surface area contributed by atoms with Crippen LogP contribution in [0.15, 0.2) is 6.07 Å². The molecule has 2 atom stereocenters. The first-order chi connectivity index (χ1) is 8.61. The molecule has 0 aliphatic carbocycles. The van der Waals surface area contributed by atoms with Crippen LogP contribution in [0.1, 0.15) is 26.0 Å². The fourth-order valence-corrected chi connectivity index (χ4v) is 2.37. The maximum Gasteiger partial charge on any atom is 0.224 e. The lowest BCUT2D eigenvalue weighted by molar-refractivity contribution is 0.118. The second-order valence-corrected chi connectivity index (χ2v) is 4.76. The average molecular weight is 250 g/mol. The minimum absolute atomic E-state index is 0.257. The van der Waals surface area contributed by atoms with Gasteiger partial charge in [0.25, 0.3) is 0 Å². The van der Waals surface area contributed by atoms with E-state index in [0.717, 1.165) is 31.1 Å². The first-order valence-electron chi connectivity index (χ1n) is 6.55. The number of nitrogens with one attached hydrogen (secondary N) is 1. The highest BCUT2D eigenvalue weighted by molar-refractivity contribution is 5.45. The van der Waals surface area contributed by atoms with Crippen LogP contribution in [0.25, 0.3) is 0 Å². The molecule has 1 aromatic heterocycles. The summed E-state index contributed by atoms with van der Waals surface area (Å²) in [6.07, 6.45) is 1.31. The molecule has 5 heteroatoms. The monoisotopic (exact) mass is 250 g/mol. The molecule has 1 saturated heterocycles. The number of ether oxygens (including phenoxy) is 1. The highest BCUT2D eigenvalue weighted by Gasteiger charge is 2.28. The van der Waals surface area contributed by atoms with E-state index in [-0.39, 0.29) is 6.10 Å². The SMILES string of the molecule is CCNc1nc(C)cc(N(C)C2CCOC2C)n1. The van der Waals surface area contributed by atoms with Crippen molar-refractivity contribution in [2.45, 2.75) is 39.3 Å². The van der Waals surface area contributed by atoms with Gasteiger partial charge in [0.05, 0.1) is 12.1 Å². The van der Waals surface area contributed by atoms with Crippen LogP contribution < -0.4 is 10.2 Å². The highest BCUT2D eigenvalue weighted by Crippen LogP contribution is 2.23. The fraction of sp³-hybridized carbons (Fsp3) is 0.692. The lowest BCUT2D eigenvalue weighted by atomic mass is 10.1. The molecule has 1 aromatic rings. The molecule has 1 N–H and O–H groups in total. The summed E-state index contributed by atoms with van der Waals surface area (Å²) in [5.74, 6) is 1.66. The molecule has 0 bridgehead atoms. The summed E-state index contributed by atoms with van der Waals surface area (Å²) in [5.41, 5.74) is 0.981. The summed E-state index contributed by atoms with van der Waals surface area (Å²) in [4.78, 5) is 11.1. The van der Waals surface area contributed by atoms with Gasteiger partial charge in [-0.2, -0.15) is 4.98 Å². The zero-order valence-electron chi connectivity index (χ0n) is 11.6. The molecule has 0 radical (unpaired) electrons. The van der Waals surface area contributed by atoms with E-state index < -0.39 is 0 Å². The summed E-state index contributed by atoms with van der Waals surface area (Å²) in [6, 6.07) is 2.42. The quantitative estimate of drug-likeness (QED) is 0.883. The van der Waals surface area contributed by atoms with Gasteiger partial charge in [0, 0.05) is 32.0 Å². The van der Waals surface area contributed by atoms with E-state index in [9.17, 15) is 0 Å². The van der Waals surface area contributed by atoms with Crippen molar-refractivity contribution in [2.75, 3.05) is 30.4 Å². The van der Waals surface area contributed by atoms with E-state index in [0.29, 0.717) is 12.0 Å². The van der Waals surface area contributed by atoms with Gasteiger partial charge in [-0.25, -0.2) is 4.98 Å². The first kappa shape index (κ1) is 13.1. The Labute approximate surface area is 109 Å². The third-order valence-electron chi connectivity index (χ3n) is 3.37. The van der Waals surface area contributed by atoms with Gasteiger partial charge < -0.3 is 15.0 Å². The molecule has 2 rings (SSSR count). The number of rotatable bonds is 4. The smallest absolute Gasteiger partial charge is 0.224 e. The summed E-state index contributed by atoms with van der Waals surface area (Å²) in [6.45, 7) is 7.82. The second-order valence-electron chi connectivity index (χ2n) is 4.76. The Balaban J connectivity index is 2.21. The van der Waals surface area contributed by atoms with Crippen molar-refractivity contribution in [1.29, 1.82) is 0 Å². The van der Waals surface area contributed by atoms with Crippen molar-refractivity contribution in [3.63, 3.8) is 0 Å². The van der Waals surface area contributed by atoms with Crippen molar-refractivity contribution in [2.24, 2.45) is 0 Å². The fourth-order valence-electron chi connectivity index (χ4n) is 2.37. The zero-order chi connectivity index (χ0) is 13.1. The van der Waals surface area contributed by atoms with Gasteiger partial charge in [-0.3, -0.25) is 0 Å². The van der Waals surface area contributed by atoms with Crippen LogP contribution in [0.4, 0.5) is 11.8 Å². The summed E-state index contributed by atoms with van der Waals surface area (Å²) >= 11 is 0. The van der Waals surface area contributed by atoms with Gasteiger partial charge in [-0.15, -0.1) is 0 Å². The molecule has 1 aliphatic rings. The van der Waals surface area contributed by atoms with Gasteiger partial charge in [0.1, 0.15) is 5.82 Å². The van der Waals surface area contributed by atoms with Gasteiger partial charge >= 0.3 is 0 Å².